The van der Waals surface area contributed by atoms with Crippen molar-refractivity contribution in [3.8, 4) is 10.4 Å². The number of carbonyl (C=O) groups excluding carboxylic acids is 1. The van der Waals surface area contributed by atoms with Gasteiger partial charge in [-0.15, -0.1) is 11.3 Å². The minimum atomic E-state index is -3.43. The first-order valence-electron chi connectivity index (χ1n) is 10.4. The van der Waals surface area contributed by atoms with Crippen molar-refractivity contribution in [2.24, 2.45) is 0 Å². The van der Waals surface area contributed by atoms with Gasteiger partial charge >= 0.3 is 0 Å². The summed E-state index contributed by atoms with van der Waals surface area (Å²) in [5.74, 6) is -0.156. The molecule has 0 radical (unpaired) electrons. The van der Waals surface area contributed by atoms with E-state index in [-0.39, 0.29) is 11.9 Å². The molecule has 0 unspecified atom stereocenters. The fourth-order valence-electron chi connectivity index (χ4n) is 3.70. The van der Waals surface area contributed by atoms with Crippen LogP contribution in [-0.4, -0.2) is 31.7 Å². The Hall–Kier alpha value is -2.48. The molecular weight excluding hydrogens is 428 g/mol. The Morgan fingerprint density at radius 1 is 1.03 bits per heavy atom. The minimum Gasteiger partial charge on any atom is -0.346 e. The summed E-state index contributed by atoms with van der Waals surface area (Å²) in [5.41, 5.74) is 3.61. The van der Waals surface area contributed by atoms with Crippen molar-refractivity contribution in [1.82, 2.24) is 9.62 Å². The van der Waals surface area contributed by atoms with Gasteiger partial charge in [0.2, 0.25) is 0 Å². The fourth-order valence-corrected chi connectivity index (χ4v) is 6.68. The lowest BCUT2D eigenvalue weighted by atomic mass is 10.1. The molecule has 5 nitrogen and oxygen atoms in total. The van der Waals surface area contributed by atoms with Crippen molar-refractivity contribution < 1.29 is 13.2 Å². The van der Waals surface area contributed by atoms with E-state index in [1.54, 1.807) is 16.4 Å². The Morgan fingerprint density at radius 2 is 1.74 bits per heavy atom. The molecular formula is C24H26N2O3S2. The summed E-state index contributed by atoms with van der Waals surface area (Å²) in [6, 6.07) is 18.8. The van der Waals surface area contributed by atoms with Gasteiger partial charge in [0.15, 0.2) is 0 Å². The zero-order valence-corrected chi connectivity index (χ0v) is 19.3. The smallest absolute Gasteiger partial charge is 0.252 e. The molecule has 2 heterocycles. The van der Waals surface area contributed by atoms with Crippen molar-refractivity contribution in [2.75, 3.05) is 13.1 Å². The van der Waals surface area contributed by atoms with Gasteiger partial charge in [0.05, 0.1) is 6.04 Å². The lowest BCUT2D eigenvalue weighted by Gasteiger charge is -2.15. The lowest BCUT2D eigenvalue weighted by Crippen LogP contribution is -2.27. The van der Waals surface area contributed by atoms with Crippen LogP contribution in [0.2, 0.25) is 0 Å². The topological polar surface area (TPSA) is 66.5 Å². The van der Waals surface area contributed by atoms with Gasteiger partial charge in [0.25, 0.3) is 15.9 Å². The molecule has 0 bridgehead atoms. The summed E-state index contributed by atoms with van der Waals surface area (Å²) < 4.78 is 27.5. The number of amides is 1. The largest absolute Gasteiger partial charge is 0.346 e. The third-order valence-corrected chi connectivity index (χ3v) is 9.08. The first kappa shape index (κ1) is 21.7. The third-order valence-electron chi connectivity index (χ3n) is 5.57. The molecule has 1 fully saturated rings. The van der Waals surface area contributed by atoms with E-state index in [1.807, 2.05) is 62.4 Å². The molecule has 1 atom stereocenters. The Kier molecular flexibility index (Phi) is 6.27. The van der Waals surface area contributed by atoms with Crippen LogP contribution in [0.25, 0.3) is 10.4 Å². The van der Waals surface area contributed by atoms with Gasteiger partial charge in [0.1, 0.15) is 4.21 Å². The van der Waals surface area contributed by atoms with Crippen LogP contribution >= 0.6 is 11.3 Å². The number of thiophene rings is 1. The highest BCUT2D eigenvalue weighted by atomic mass is 32.2. The highest BCUT2D eigenvalue weighted by molar-refractivity contribution is 7.91. The van der Waals surface area contributed by atoms with E-state index in [0.29, 0.717) is 22.9 Å². The Bertz CT molecular complexity index is 1180. The molecule has 1 aliphatic rings. The Balaban J connectivity index is 1.51. The van der Waals surface area contributed by atoms with E-state index in [1.165, 1.54) is 16.9 Å². The molecule has 7 heteroatoms. The predicted molar refractivity (Wildman–Crippen MR) is 125 cm³/mol. The molecule has 4 rings (SSSR count). The van der Waals surface area contributed by atoms with Crippen molar-refractivity contribution in [2.45, 2.75) is 36.9 Å². The second kappa shape index (κ2) is 8.94. The van der Waals surface area contributed by atoms with Crippen LogP contribution in [-0.2, 0) is 10.0 Å². The zero-order chi connectivity index (χ0) is 22.0. The maximum atomic E-state index is 12.8. The number of hydrogen-bond acceptors (Lipinski definition) is 4. The van der Waals surface area contributed by atoms with E-state index in [4.69, 9.17) is 0 Å². The summed E-state index contributed by atoms with van der Waals surface area (Å²) in [4.78, 5) is 13.6. The van der Waals surface area contributed by atoms with E-state index in [0.717, 1.165) is 28.8 Å². The number of benzene rings is 2. The van der Waals surface area contributed by atoms with Crippen LogP contribution in [0.1, 0.15) is 47.3 Å². The number of hydrogen-bond donors (Lipinski definition) is 1. The van der Waals surface area contributed by atoms with Crippen molar-refractivity contribution in [1.29, 1.82) is 0 Å². The molecule has 1 aromatic heterocycles. The zero-order valence-electron chi connectivity index (χ0n) is 17.7. The monoisotopic (exact) mass is 454 g/mol. The molecule has 0 spiro atoms. The molecule has 0 saturated carbocycles. The lowest BCUT2D eigenvalue weighted by molar-refractivity contribution is 0.0940. The fraction of sp³-hybridized carbons (Fsp3) is 0.292. The number of nitrogens with zero attached hydrogens (tertiary/aromatic N) is 1. The van der Waals surface area contributed by atoms with Crippen LogP contribution in [0.5, 0.6) is 0 Å². The van der Waals surface area contributed by atoms with Crippen LogP contribution in [0.4, 0.5) is 0 Å². The first-order valence-corrected chi connectivity index (χ1v) is 12.7. The molecule has 1 N–H and O–H groups in total. The van der Waals surface area contributed by atoms with Crippen molar-refractivity contribution in [3.63, 3.8) is 0 Å². The van der Waals surface area contributed by atoms with Gasteiger partial charge in [-0.3, -0.25) is 4.79 Å². The molecule has 1 amide bonds. The summed E-state index contributed by atoms with van der Waals surface area (Å²) >= 11 is 1.25. The molecule has 3 aromatic rings. The normalized spacial score (nSPS) is 15.7. The number of sulfonamides is 1. The molecule has 162 valence electrons. The molecule has 1 aliphatic heterocycles. The highest BCUT2D eigenvalue weighted by Crippen LogP contribution is 2.33. The predicted octanol–water partition coefficient (Wildman–Crippen LogP) is 5.00. The Morgan fingerprint density at radius 3 is 2.45 bits per heavy atom. The standard InChI is InChI=1S/C24H26N2O3S2/c1-17-8-10-19(11-9-17)18(2)25-24(27)21-7-5-6-20(16-21)22-12-13-23(30-22)31(28,29)26-14-3-4-15-26/h5-13,16,18H,3-4,14-15H2,1-2H3,(H,25,27)/t18-/m0/s1. The molecule has 0 aliphatic carbocycles. The number of nitrogens with one attached hydrogen (secondary N) is 1. The number of rotatable bonds is 6. The summed E-state index contributed by atoms with van der Waals surface area (Å²) in [6.45, 7) is 5.17. The van der Waals surface area contributed by atoms with E-state index >= 15 is 0 Å². The average molecular weight is 455 g/mol. The van der Waals surface area contributed by atoms with Gasteiger partial charge < -0.3 is 5.32 Å². The van der Waals surface area contributed by atoms with Gasteiger partial charge in [-0.1, -0.05) is 42.0 Å². The minimum absolute atomic E-state index is 0.115. The van der Waals surface area contributed by atoms with Crippen LogP contribution in [0.15, 0.2) is 64.9 Å². The summed E-state index contributed by atoms with van der Waals surface area (Å²) in [6.07, 6.45) is 1.82. The van der Waals surface area contributed by atoms with Crippen molar-refractivity contribution >= 4 is 27.3 Å². The van der Waals surface area contributed by atoms with Crippen LogP contribution < -0.4 is 5.32 Å². The number of carbonyl (C=O) groups is 1. The highest BCUT2D eigenvalue weighted by Gasteiger charge is 2.28. The molecule has 1 saturated heterocycles. The summed E-state index contributed by atoms with van der Waals surface area (Å²) in [5, 5.41) is 3.04. The van der Waals surface area contributed by atoms with Gasteiger partial charge in [-0.25, -0.2) is 8.42 Å². The second-order valence-corrected chi connectivity index (χ2v) is 11.2. The summed E-state index contributed by atoms with van der Waals surface area (Å²) in [7, 11) is -3.43. The quantitative estimate of drug-likeness (QED) is 0.570. The van der Waals surface area contributed by atoms with Crippen molar-refractivity contribution in [3.05, 3.63) is 77.4 Å². The van der Waals surface area contributed by atoms with Gasteiger partial charge in [-0.2, -0.15) is 4.31 Å². The first-order chi connectivity index (χ1) is 14.8. The van der Waals surface area contributed by atoms with Gasteiger partial charge in [-0.05, 0) is 62.1 Å². The van der Waals surface area contributed by atoms with Crippen LogP contribution in [0.3, 0.4) is 0 Å². The van der Waals surface area contributed by atoms with Gasteiger partial charge in [0, 0.05) is 23.5 Å². The number of aryl methyl sites for hydroxylation is 1. The SMILES string of the molecule is Cc1ccc([C@H](C)NC(=O)c2cccc(-c3ccc(S(=O)(=O)N4CCCC4)s3)c2)cc1. The third kappa shape index (κ3) is 4.74. The van der Waals surface area contributed by atoms with E-state index in [2.05, 4.69) is 5.32 Å². The van der Waals surface area contributed by atoms with Crippen LogP contribution in [0, 0.1) is 6.92 Å². The maximum absolute atomic E-state index is 12.8. The molecule has 2 aromatic carbocycles. The second-order valence-electron chi connectivity index (χ2n) is 7.92. The average Bonchev–Trinajstić information content (AvgIpc) is 3.47. The van der Waals surface area contributed by atoms with E-state index in [9.17, 15) is 13.2 Å². The Labute approximate surface area is 187 Å². The molecule has 31 heavy (non-hydrogen) atoms. The maximum Gasteiger partial charge on any atom is 0.252 e. The van der Waals surface area contributed by atoms with E-state index < -0.39 is 10.0 Å².